The molecule has 0 aliphatic carbocycles. The molecule has 0 bridgehead atoms. The first-order chi connectivity index (χ1) is 9.19. The van der Waals surface area contributed by atoms with Crippen molar-refractivity contribution in [3.8, 4) is 5.88 Å². The molecule has 1 N–H and O–H groups in total. The number of nitrogens with zero attached hydrogens (tertiary/aromatic N) is 4. The number of hydrogen-bond donors (Lipinski definition) is 1. The molecule has 1 aromatic rings. The summed E-state index contributed by atoms with van der Waals surface area (Å²) in [4.78, 5) is 19.9. The van der Waals surface area contributed by atoms with E-state index in [0.29, 0.717) is 19.8 Å². The van der Waals surface area contributed by atoms with Crippen LogP contribution in [0.1, 0.15) is 0 Å². The van der Waals surface area contributed by atoms with Crippen molar-refractivity contribution in [2.45, 2.75) is 6.04 Å². The van der Waals surface area contributed by atoms with E-state index in [1.54, 1.807) is 4.90 Å². The first-order valence-electron chi connectivity index (χ1n) is 5.67. The van der Waals surface area contributed by atoms with Gasteiger partial charge < -0.3 is 19.5 Å². The molecule has 0 amide bonds. The fourth-order valence-electron chi connectivity index (χ4n) is 1.96. The Morgan fingerprint density at radius 3 is 3.11 bits per heavy atom. The third-order valence-corrected chi connectivity index (χ3v) is 2.86. The SMILES string of the molecule is COc1ncnc(N2CCOCC2CO)c1[N+](=O)[O-]. The lowest BCUT2D eigenvalue weighted by molar-refractivity contribution is -0.385. The van der Waals surface area contributed by atoms with E-state index in [0.717, 1.165) is 0 Å². The predicted molar refractivity (Wildman–Crippen MR) is 64.3 cm³/mol. The maximum Gasteiger partial charge on any atom is 0.372 e. The van der Waals surface area contributed by atoms with Crippen LogP contribution < -0.4 is 9.64 Å². The summed E-state index contributed by atoms with van der Waals surface area (Å²) >= 11 is 0. The van der Waals surface area contributed by atoms with E-state index in [2.05, 4.69) is 9.97 Å². The third kappa shape index (κ3) is 2.56. The molecule has 104 valence electrons. The van der Waals surface area contributed by atoms with Crippen LogP contribution in [0.2, 0.25) is 0 Å². The molecule has 1 aromatic heterocycles. The number of morpholine rings is 1. The Bertz CT molecular complexity index is 469. The van der Waals surface area contributed by atoms with Crippen molar-refractivity contribution in [3.05, 3.63) is 16.4 Å². The molecule has 1 aliphatic heterocycles. The van der Waals surface area contributed by atoms with Crippen molar-refractivity contribution in [2.75, 3.05) is 38.4 Å². The van der Waals surface area contributed by atoms with Gasteiger partial charge in [0.1, 0.15) is 6.33 Å². The average Bonchev–Trinajstić information content (AvgIpc) is 2.46. The normalized spacial score (nSPS) is 19.3. The van der Waals surface area contributed by atoms with Gasteiger partial charge in [0.15, 0.2) is 0 Å². The van der Waals surface area contributed by atoms with Crippen LogP contribution in [0.5, 0.6) is 5.88 Å². The molecular formula is C10H14N4O5. The summed E-state index contributed by atoms with van der Waals surface area (Å²) < 4.78 is 10.1. The second-order valence-electron chi connectivity index (χ2n) is 3.92. The first-order valence-corrected chi connectivity index (χ1v) is 5.67. The van der Waals surface area contributed by atoms with Gasteiger partial charge in [0.2, 0.25) is 5.82 Å². The molecule has 1 fully saturated rings. The molecule has 1 saturated heterocycles. The Balaban J connectivity index is 2.45. The van der Waals surface area contributed by atoms with Crippen LogP contribution in [-0.4, -0.2) is 59.5 Å². The zero-order valence-electron chi connectivity index (χ0n) is 10.4. The monoisotopic (exact) mass is 270 g/mol. The van der Waals surface area contributed by atoms with E-state index < -0.39 is 4.92 Å². The van der Waals surface area contributed by atoms with Crippen LogP contribution in [0.3, 0.4) is 0 Å². The number of methoxy groups -OCH3 is 1. The van der Waals surface area contributed by atoms with Crippen molar-refractivity contribution >= 4 is 11.5 Å². The van der Waals surface area contributed by atoms with Gasteiger partial charge in [-0.2, -0.15) is 4.98 Å². The van der Waals surface area contributed by atoms with Crippen LogP contribution >= 0.6 is 0 Å². The number of aromatic nitrogens is 2. The lowest BCUT2D eigenvalue weighted by Crippen LogP contribution is -2.48. The maximum absolute atomic E-state index is 11.2. The molecule has 2 heterocycles. The summed E-state index contributed by atoms with van der Waals surface area (Å²) in [6.45, 7) is 0.940. The largest absolute Gasteiger partial charge is 0.476 e. The van der Waals surface area contributed by atoms with Crippen LogP contribution in [0.25, 0.3) is 0 Å². The summed E-state index contributed by atoms with van der Waals surface area (Å²) in [5, 5.41) is 20.5. The number of aliphatic hydroxyl groups excluding tert-OH is 1. The summed E-state index contributed by atoms with van der Waals surface area (Å²) in [6.07, 6.45) is 1.20. The lowest BCUT2D eigenvalue weighted by atomic mass is 10.2. The van der Waals surface area contributed by atoms with Crippen molar-refractivity contribution in [3.63, 3.8) is 0 Å². The quantitative estimate of drug-likeness (QED) is 0.580. The zero-order chi connectivity index (χ0) is 13.8. The predicted octanol–water partition coefficient (Wildman–Crippen LogP) is -0.409. The highest BCUT2D eigenvalue weighted by atomic mass is 16.6. The highest BCUT2D eigenvalue weighted by molar-refractivity contribution is 5.63. The average molecular weight is 270 g/mol. The molecule has 1 aliphatic rings. The van der Waals surface area contributed by atoms with Crippen molar-refractivity contribution in [1.29, 1.82) is 0 Å². The fourth-order valence-corrected chi connectivity index (χ4v) is 1.96. The Hall–Kier alpha value is -2.00. The Kier molecular flexibility index (Phi) is 4.07. The Morgan fingerprint density at radius 1 is 1.68 bits per heavy atom. The third-order valence-electron chi connectivity index (χ3n) is 2.86. The standard InChI is InChI=1S/C10H14N4O5/c1-18-10-8(14(16)17)9(11-6-12-10)13-2-3-19-5-7(13)4-15/h6-7,15H,2-5H2,1H3. The molecule has 1 unspecified atom stereocenters. The van der Waals surface area contributed by atoms with Crippen molar-refractivity contribution in [1.82, 2.24) is 9.97 Å². The molecule has 0 spiro atoms. The number of aliphatic hydroxyl groups is 1. The highest BCUT2D eigenvalue weighted by Gasteiger charge is 2.33. The zero-order valence-corrected chi connectivity index (χ0v) is 10.4. The first kappa shape index (κ1) is 13.4. The smallest absolute Gasteiger partial charge is 0.372 e. The van der Waals surface area contributed by atoms with Crippen LogP contribution in [0, 0.1) is 10.1 Å². The molecule has 2 rings (SSSR count). The van der Waals surface area contributed by atoms with Crippen molar-refractivity contribution in [2.24, 2.45) is 0 Å². The van der Waals surface area contributed by atoms with Gasteiger partial charge in [0, 0.05) is 6.54 Å². The molecule has 9 nitrogen and oxygen atoms in total. The maximum atomic E-state index is 11.2. The van der Waals surface area contributed by atoms with Gasteiger partial charge in [0.25, 0.3) is 5.88 Å². The van der Waals surface area contributed by atoms with Gasteiger partial charge in [0.05, 0.1) is 37.9 Å². The van der Waals surface area contributed by atoms with E-state index in [4.69, 9.17) is 9.47 Å². The number of anilines is 1. The highest BCUT2D eigenvalue weighted by Crippen LogP contribution is 2.34. The van der Waals surface area contributed by atoms with Crippen LogP contribution in [0.15, 0.2) is 6.33 Å². The van der Waals surface area contributed by atoms with Crippen LogP contribution in [-0.2, 0) is 4.74 Å². The van der Waals surface area contributed by atoms with E-state index in [9.17, 15) is 15.2 Å². The minimum absolute atomic E-state index is 0.0989. The van der Waals surface area contributed by atoms with Gasteiger partial charge in [-0.3, -0.25) is 10.1 Å². The topological polar surface area (TPSA) is 111 Å². The van der Waals surface area contributed by atoms with Gasteiger partial charge in [-0.05, 0) is 0 Å². The van der Waals surface area contributed by atoms with E-state index in [1.165, 1.54) is 13.4 Å². The van der Waals surface area contributed by atoms with Gasteiger partial charge in [-0.15, -0.1) is 0 Å². The van der Waals surface area contributed by atoms with Gasteiger partial charge in [-0.25, -0.2) is 4.98 Å². The lowest BCUT2D eigenvalue weighted by Gasteiger charge is -2.34. The Labute approximate surface area is 108 Å². The molecular weight excluding hydrogens is 256 g/mol. The van der Waals surface area contributed by atoms with Crippen LogP contribution in [0.4, 0.5) is 11.5 Å². The number of rotatable bonds is 4. The fraction of sp³-hybridized carbons (Fsp3) is 0.600. The van der Waals surface area contributed by atoms with E-state index in [-0.39, 0.29) is 30.0 Å². The summed E-state index contributed by atoms with van der Waals surface area (Å²) in [6, 6.07) is -0.368. The number of nitro groups is 1. The van der Waals surface area contributed by atoms with E-state index >= 15 is 0 Å². The Morgan fingerprint density at radius 2 is 2.47 bits per heavy atom. The minimum atomic E-state index is -0.585. The van der Waals surface area contributed by atoms with E-state index in [1.807, 2.05) is 0 Å². The second-order valence-corrected chi connectivity index (χ2v) is 3.92. The molecule has 19 heavy (non-hydrogen) atoms. The molecule has 0 radical (unpaired) electrons. The van der Waals surface area contributed by atoms with Crippen molar-refractivity contribution < 1.29 is 19.5 Å². The molecule has 0 saturated carbocycles. The second kappa shape index (κ2) is 5.76. The summed E-state index contributed by atoms with van der Waals surface area (Å²) in [5.74, 6) is 0.0392. The number of ether oxygens (including phenoxy) is 2. The van der Waals surface area contributed by atoms with Gasteiger partial charge >= 0.3 is 5.69 Å². The minimum Gasteiger partial charge on any atom is -0.476 e. The molecule has 0 aromatic carbocycles. The summed E-state index contributed by atoms with van der Waals surface area (Å²) in [5.41, 5.74) is -0.301. The van der Waals surface area contributed by atoms with Gasteiger partial charge in [-0.1, -0.05) is 0 Å². The molecule has 9 heteroatoms. The summed E-state index contributed by atoms with van der Waals surface area (Å²) in [7, 11) is 1.31. The molecule has 1 atom stereocenters. The number of hydrogen-bond acceptors (Lipinski definition) is 8.